The molecule has 5 nitrogen and oxygen atoms in total. The van der Waals surface area contributed by atoms with Gasteiger partial charge in [-0.15, -0.1) is 0 Å². The summed E-state index contributed by atoms with van der Waals surface area (Å²) < 4.78 is 13.0. The largest absolute Gasteiger partial charge is 0.375 e. The summed E-state index contributed by atoms with van der Waals surface area (Å²) in [6.45, 7) is 4.27. The van der Waals surface area contributed by atoms with Crippen molar-refractivity contribution in [3.63, 3.8) is 0 Å². The van der Waals surface area contributed by atoms with Crippen LogP contribution in [0.2, 0.25) is 0 Å². The molecule has 1 aromatic carbocycles. The molecule has 6 heteroatoms. The highest BCUT2D eigenvalue weighted by molar-refractivity contribution is 9.10. The number of nitrogens with one attached hydrogen (secondary N) is 1. The minimum absolute atomic E-state index is 0.155. The van der Waals surface area contributed by atoms with Crippen LogP contribution in [0.1, 0.15) is 37.7 Å². The SMILES string of the molecule is CN=C(NCC1(c2cccc(Br)c2)CCC1)N1CCOC(C2CCCO2)C1. The Morgan fingerprint density at radius 2 is 2.11 bits per heavy atom. The van der Waals surface area contributed by atoms with E-state index in [9.17, 15) is 0 Å². The topological polar surface area (TPSA) is 46.1 Å². The Balaban J connectivity index is 1.40. The number of halogens is 1. The van der Waals surface area contributed by atoms with E-state index < -0.39 is 0 Å². The van der Waals surface area contributed by atoms with E-state index in [1.54, 1.807) is 0 Å². The molecule has 148 valence electrons. The van der Waals surface area contributed by atoms with Crippen LogP contribution in [0.3, 0.4) is 0 Å². The van der Waals surface area contributed by atoms with Gasteiger partial charge in [0.05, 0.1) is 12.7 Å². The lowest BCUT2D eigenvalue weighted by atomic mass is 9.64. The Labute approximate surface area is 170 Å². The first-order valence-corrected chi connectivity index (χ1v) is 10.9. The lowest BCUT2D eigenvalue weighted by molar-refractivity contribution is -0.0817. The van der Waals surface area contributed by atoms with Crippen molar-refractivity contribution in [1.29, 1.82) is 0 Å². The number of morpholine rings is 1. The van der Waals surface area contributed by atoms with Gasteiger partial charge in [0, 0.05) is 43.2 Å². The molecule has 3 fully saturated rings. The maximum absolute atomic E-state index is 5.99. The Bertz CT molecular complexity index is 671. The van der Waals surface area contributed by atoms with E-state index in [2.05, 4.69) is 55.4 Å². The summed E-state index contributed by atoms with van der Waals surface area (Å²) in [7, 11) is 1.88. The molecule has 27 heavy (non-hydrogen) atoms. The molecular formula is C21H30BrN3O2. The number of aliphatic imine (C=N–C) groups is 1. The van der Waals surface area contributed by atoms with Gasteiger partial charge in [0.25, 0.3) is 0 Å². The van der Waals surface area contributed by atoms with Crippen molar-refractivity contribution < 1.29 is 9.47 Å². The van der Waals surface area contributed by atoms with Crippen LogP contribution in [0.15, 0.2) is 33.7 Å². The predicted molar refractivity (Wildman–Crippen MR) is 111 cm³/mol. The summed E-state index contributed by atoms with van der Waals surface area (Å²) in [6, 6.07) is 8.77. The van der Waals surface area contributed by atoms with Crippen LogP contribution < -0.4 is 5.32 Å². The molecule has 3 aliphatic rings. The second-order valence-electron chi connectivity index (χ2n) is 7.95. The van der Waals surface area contributed by atoms with Crippen LogP contribution in [0.4, 0.5) is 0 Å². The Kier molecular flexibility index (Phi) is 6.05. The van der Waals surface area contributed by atoms with E-state index in [0.717, 1.165) is 56.1 Å². The average molecular weight is 436 g/mol. The molecule has 2 saturated heterocycles. The lowest BCUT2D eigenvalue weighted by Crippen LogP contribution is -2.55. The number of rotatable bonds is 4. The maximum Gasteiger partial charge on any atom is 0.193 e. The molecule has 1 N–H and O–H groups in total. The Morgan fingerprint density at radius 3 is 2.78 bits per heavy atom. The highest BCUT2D eigenvalue weighted by atomic mass is 79.9. The van der Waals surface area contributed by atoms with E-state index in [1.165, 1.54) is 24.8 Å². The van der Waals surface area contributed by atoms with Crippen LogP contribution in [0.5, 0.6) is 0 Å². The molecule has 1 aromatic rings. The molecule has 4 rings (SSSR count). The van der Waals surface area contributed by atoms with Gasteiger partial charge in [0.1, 0.15) is 6.10 Å². The fraction of sp³-hybridized carbons (Fsp3) is 0.667. The molecule has 0 amide bonds. The average Bonchev–Trinajstić information content (AvgIpc) is 3.19. The molecule has 0 aromatic heterocycles. The standard InChI is InChI=1S/C21H30BrN3O2/c1-23-20(25-10-12-27-19(14-25)18-7-3-11-26-18)24-15-21(8-4-9-21)16-5-2-6-17(22)13-16/h2,5-6,13,18-19H,3-4,7-12,14-15H2,1H3,(H,23,24). The summed E-state index contributed by atoms with van der Waals surface area (Å²) >= 11 is 3.62. The minimum Gasteiger partial charge on any atom is -0.375 e. The highest BCUT2D eigenvalue weighted by Gasteiger charge is 2.39. The maximum atomic E-state index is 5.99. The van der Waals surface area contributed by atoms with E-state index in [1.807, 2.05) is 7.05 Å². The van der Waals surface area contributed by atoms with Crippen LogP contribution in [-0.4, -0.2) is 63.0 Å². The number of guanidine groups is 1. The normalized spacial score (nSPS) is 28.1. The quantitative estimate of drug-likeness (QED) is 0.581. The van der Waals surface area contributed by atoms with Crippen molar-refractivity contribution in [2.75, 3.05) is 39.9 Å². The zero-order valence-corrected chi connectivity index (χ0v) is 17.7. The Hall–Kier alpha value is -1.11. The second-order valence-corrected chi connectivity index (χ2v) is 8.87. The first-order valence-electron chi connectivity index (χ1n) is 10.2. The fourth-order valence-electron chi connectivity index (χ4n) is 4.56. The van der Waals surface area contributed by atoms with Crippen molar-refractivity contribution in [1.82, 2.24) is 10.2 Å². The summed E-state index contributed by atoms with van der Waals surface area (Å²) in [5.74, 6) is 0.988. The van der Waals surface area contributed by atoms with E-state index in [4.69, 9.17) is 9.47 Å². The zero-order valence-electron chi connectivity index (χ0n) is 16.1. The van der Waals surface area contributed by atoms with Crippen molar-refractivity contribution in [3.05, 3.63) is 34.3 Å². The molecule has 1 saturated carbocycles. The minimum atomic E-state index is 0.155. The fourth-order valence-corrected chi connectivity index (χ4v) is 4.96. The summed E-state index contributed by atoms with van der Waals surface area (Å²) in [6.07, 6.45) is 6.41. The van der Waals surface area contributed by atoms with Crippen molar-refractivity contribution >= 4 is 21.9 Å². The number of benzene rings is 1. The van der Waals surface area contributed by atoms with Crippen LogP contribution in [-0.2, 0) is 14.9 Å². The van der Waals surface area contributed by atoms with E-state index >= 15 is 0 Å². The first kappa shape index (κ1) is 19.2. The van der Waals surface area contributed by atoms with Gasteiger partial charge >= 0.3 is 0 Å². The van der Waals surface area contributed by atoms with Crippen molar-refractivity contribution in [3.8, 4) is 0 Å². The van der Waals surface area contributed by atoms with Crippen molar-refractivity contribution in [2.45, 2.75) is 49.7 Å². The second kappa shape index (κ2) is 8.50. The molecule has 2 heterocycles. The number of hydrogen-bond acceptors (Lipinski definition) is 3. The summed E-state index contributed by atoms with van der Waals surface area (Å²) in [5.41, 5.74) is 1.64. The molecule has 0 spiro atoms. The van der Waals surface area contributed by atoms with Gasteiger partial charge in [-0.1, -0.05) is 34.5 Å². The number of hydrogen-bond donors (Lipinski definition) is 1. The molecular weight excluding hydrogens is 406 g/mol. The third-order valence-electron chi connectivity index (χ3n) is 6.32. The lowest BCUT2D eigenvalue weighted by Gasteiger charge is -2.44. The van der Waals surface area contributed by atoms with Gasteiger partial charge in [-0.05, 0) is 43.4 Å². The smallest absolute Gasteiger partial charge is 0.193 e. The predicted octanol–water partition coefficient (Wildman–Crippen LogP) is 3.33. The van der Waals surface area contributed by atoms with E-state index in [-0.39, 0.29) is 17.6 Å². The van der Waals surface area contributed by atoms with Gasteiger partial charge in [-0.2, -0.15) is 0 Å². The van der Waals surface area contributed by atoms with Crippen LogP contribution in [0, 0.1) is 0 Å². The third-order valence-corrected chi connectivity index (χ3v) is 6.81. The molecule has 2 aliphatic heterocycles. The summed E-state index contributed by atoms with van der Waals surface area (Å²) in [4.78, 5) is 6.91. The zero-order chi connectivity index (χ0) is 18.7. The molecule has 2 unspecified atom stereocenters. The van der Waals surface area contributed by atoms with Gasteiger partial charge in [-0.3, -0.25) is 4.99 Å². The van der Waals surface area contributed by atoms with Gasteiger partial charge in [0.15, 0.2) is 5.96 Å². The molecule has 2 atom stereocenters. The van der Waals surface area contributed by atoms with Crippen LogP contribution in [0.25, 0.3) is 0 Å². The summed E-state index contributed by atoms with van der Waals surface area (Å²) in [5, 5.41) is 3.68. The van der Waals surface area contributed by atoms with Gasteiger partial charge in [0.2, 0.25) is 0 Å². The molecule has 0 radical (unpaired) electrons. The van der Waals surface area contributed by atoms with E-state index in [0.29, 0.717) is 0 Å². The highest BCUT2D eigenvalue weighted by Crippen LogP contribution is 2.43. The van der Waals surface area contributed by atoms with Crippen LogP contribution >= 0.6 is 15.9 Å². The first-order chi connectivity index (χ1) is 13.2. The monoisotopic (exact) mass is 435 g/mol. The van der Waals surface area contributed by atoms with Gasteiger partial charge in [-0.25, -0.2) is 0 Å². The van der Waals surface area contributed by atoms with Crippen molar-refractivity contribution in [2.24, 2.45) is 4.99 Å². The molecule has 0 bridgehead atoms. The number of ether oxygens (including phenoxy) is 2. The van der Waals surface area contributed by atoms with Gasteiger partial charge < -0.3 is 19.7 Å². The third kappa shape index (κ3) is 4.17. The molecule has 1 aliphatic carbocycles. The number of nitrogens with zero attached hydrogens (tertiary/aromatic N) is 2. The Morgan fingerprint density at radius 1 is 1.26 bits per heavy atom.